The number of carbonyl (C=O) groups excluding carboxylic acids is 2. The van der Waals surface area contributed by atoms with Crippen molar-refractivity contribution in [3.05, 3.63) is 88.2 Å². The number of amides is 2. The maximum Gasteiger partial charge on any atom is 0.258 e. The molecule has 1 fully saturated rings. The Labute approximate surface area is 200 Å². The molecule has 2 N–H and O–H groups in total. The Kier molecular flexibility index (Phi) is 7.17. The number of nitrogens with one attached hydrogen (secondary N) is 2. The van der Waals surface area contributed by atoms with Crippen molar-refractivity contribution in [1.82, 2.24) is 0 Å². The molecule has 0 aromatic heterocycles. The van der Waals surface area contributed by atoms with E-state index in [2.05, 4.69) is 10.6 Å². The average molecular weight is 486 g/mol. The van der Waals surface area contributed by atoms with Crippen molar-refractivity contribution in [2.75, 3.05) is 34.0 Å². The summed E-state index contributed by atoms with van der Waals surface area (Å²) in [6.07, 6.45) is 0. The number of ether oxygens (including phenoxy) is 1. The minimum Gasteiger partial charge on any atom is -0.367 e. The number of anilines is 3. The van der Waals surface area contributed by atoms with Gasteiger partial charge in [0.1, 0.15) is 11.8 Å². The summed E-state index contributed by atoms with van der Waals surface area (Å²) in [5, 5.41) is 5.98. The number of carbonyl (C=O) groups is 2. The molecule has 9 heteroatoms. The minimum atomic E-state index is -0.612. The zero-order chi connectivity index (χ0) is 23.4. The molecule has 0 unspecified atom stereocenters. The van der Waals surface area contributed by atoms with Crippen molar-refractivity contribution in [3.8, 4) is 0 Å². The normalized spacial score (nSPS) is 13.5. The van der Waals surface area contributed by atoms with Gasteiger partial charge in [-0.3, -0.25) is 9.59 Å². The molecule has 1 aliphatic rings. The van der Waals surface area contributed by atoms with Crippen LogP contribution in [0.3, 0.4) is 0 Å². The fraction of sp³-hybridized carbons (Fsp3) is 0.167. The molecule has 4 rings (SSSR count). The number of halogens is 2. The summed E-state index contributed by atoms with van der Waals surface area (Å²) in [6, 6.07) is 16.2. The minimum absolute atomic E-state index is 0.0675. The highest BCUT2D eigenvalue weighted by molar-refractivity contribution is 8.00. The van der Waals surface area contributed by atoms with E-state index in [-0.39, 0.29) is 11.5 Å². The van der Waals surface area contributed by atoms with E-state index in [0.717, 1.165) is 5.56 Å². The number of nitrogens with zero attached hydrogens (tertiary/aromatic N) is 1. The summed E-state index contributed by atoms with van der Waals surface area (Å²) in [6.45, 7) is 3.05. The number of rotatable bonds is 5. The Morgan fingerprint density at radius 2 is 1.91 bits per heavy atom. The van der Waals surface area contributed by atoms with Crippen molar-refractivity contribution in [1.29, 1.82) is 0 Å². The van der Waals surface area contributed by atoms with Gasteiger partial charge >= 0.3 is 0 Å². The molecule has 2 amide bonds. The molecule has 3 aromatic carbocycles. The maximum absolute atomic E-state index is 14.7. The van der Waals surface area contributed by atoms with Crippen molar-refractivity contribution in [2.24, 2.45) is 0 Å². The molecular formula is C24H21ClFN3O3S. The predicted octanol–water partition coefficient (Wildman–Crippen LogP) is 5.73. The van der Waals surface area contributed by atoms with E-state index in [1.807, 2.05) is 11.2 Å². The third-order valence-electron chi connectivity index (χ3n) is 5.05. The Morgan fingerprint density at radius 1 is 1.06 bits per heavy atom. The monoisotopic (exact) mass is 485 g/mol. The van der Waals surface area contributed by atoms with Gasteiger partial charge in [0.15, 0.2) is 0 Å². The molecular weight excluding hydrogens is 465 g/mol. The summed E-state index contributed by atoms with van der Waals surface area (Å²) < 4.78 is 21.9. The quantitative estimate of drug-likeness (QED) is 0.451. The van der Waals surface area contributed by atoms with Crippen LogP contribution in [0.2, 0.25) is 5.02 Å². The molecule has 1 aliphatic heterocycles. The number of hydrogen-bond acceptors (Lipinski definition) is 5. The number of benzene rings is 3. The molecule has 0 bridgehead atoms. The van der Waals surface area contributed by atoms with E-state index < -0.39 is 11.7 Å². The van der Waals surface area contributed by atoms with Crippen molar-refractivity contribution < 1.29 is 18.7 Å². The van der Waals surface area contributed by atoms with E-state index >= 15 is 0 Å². The molecule has 0 saturated carbocycles. The van der Waals surface area contributed by atoms with E-state index in [0.29, 0.717) is 46.7 Å². The molecule has 6 nitrogen and oxygen atoms in total. The molecule has 33 heavy (non-hydrogen) atoms. The summed E-state index contributed by atoms with van der Waals surface area (Å²) in [4.78, 5) is 25.3. The second-order valence-corrected chi connectivity index (χ2v) is 8.74. The first-order valence-corrected chi connectivity index (χ1v) is 11.5. The molecule has 1 heterocycles. The van der Waals surface area contributed by atoms with Crippen LogP contribution < -0.4 is 14.9 Å². The molecule has 0 radical (unpaired) electrons. The first kappa shape index (κ1) is 23.1. The highest BCUT2D eigenvalue weighted by atomic mass is 35.5. The Bertz CT molecular complexity index is 1200. The van der Waals surface area contributed by atoms with Crippen LogP contribution in [0, 0.1) is 12.7 Å². The summed E-state index contributed by atoms with van der Waals surface area (Å²) in [5.74, 6) is -1.01. The van der Waals surface area contributed by atoms with Crippen LogP contribution in [0.15, 0.2) is 60.7 Å². The summed E-state index contributed by atoms with van der Waals surface area (Å²) >= 11 is 7.41. The van der Waals surface area contributed by atoms with Gasteiger partial charge in [0, 0.05) is 22.0 Å². The molecule has 0 aliphatic carbocycles. The lowest BCUT2D eigenvalue weighted by atomic mass is 10.1. The number of aryl methyl sites for hydroxylation is 1. The van der Waals surface area contributed by atoms with Crippen molar-refractivity contribution in [3.63, 3.8) is 0 Å². The zero-order valence-corrected chi connectivity index (χ0v) is 19.3. The molecule has 0 spiro atoms. The largest absolute Gasteiger partial charge is 0.367 e. The fourth-order valence-corrected chi connectivity index (χ4v) is 4.25. The summed E-state index contributed by atoms with van der Waals surface area (Å²) in [5.41, 5.74) is 2.79. The Balaban J connectivity index is 1.47. The van der Waals surface area contributed by atoms with E-state index in [9.17, 15) is 14.0 Å². The van der Waals surface area contributed by atoms with Gasteiger partial charge in [0.05, 0.1) is 24.4 Å². The van der Waals surface area contributed by atoms with Gasteiger partial charge in [-0.05, 0) is 73.0 Å². The third kappa shape index (κ3) is 5.65. The SMILES string of the molecule is Cc1ccc(NC(=O)c2ccc(N3CCOCS3)cc2F)cc1NC(=O)c1cccc(Cl)c1. The van der Waals surface area contributed by atoms with Gasteiger partial charge in [0.2, 0.25) is 0 Å². The van der Waals surface area contributed by atoms with Gasteiger partial charge in [-0.2, -0.15) is 0 Å². The van der Waals surface area contributed by atoms with Crippen LogP contribution in [-0.4, -0.2) is 30.9 Å². The first-order valence-electron chi connectivity index (χ1n) is 10.2. The van der Waals surface area contributed by atoms with Crippen LogP contribution in [0.25, 0.3) is 0 Å². The highest BCUT2D eigenvalue weighted by Crippen LogP contribution is 2.27. The van der Waals surface area contributed by atoms with Crippen LogP contribution in [-0.2, 0) is 4.74 Å². The van der Waals surface area contributed by atoms with Gasteiger partial charge in [-0.25, -0.2) is 4.39 Å². The van der Waals surface area contributed by atoms with Gasteiger partial charge in [0.25, 0.3) is 11.8 Å². The smallest absolute Gasteiger partial charge is 0.258 e. The fourth-order valence-electron chi connectivity index (χ4n) is 3.28. The highest BCUT2D eigenvalue weighted by Gasteiger charge is 2.18. The van der Waals surface area contributed by atoms with Gasteiger partial charge in [-0.1, -0.05) is 23.7 Å². The third-order valence-corrected chi connectivity index (χ3v) is 6.26. The average Bonchev–Trinajstić information content (AvgIpc) is 2.81. The van der Waals surface area contributed by atoms with Crippen LogP contribution in [0.5, 0.6) is 0 Å². The van der Waals surface area contributed by atoms with E-state index in [1.54, 1.807) is 48.5 Å². The van der Waals surface area contributed by atoms with E-state index in [1.165, 1.54) is 24.1 Å². The maximum atomic E-state index is 14.7. The van der Waals surface area contributed by atoms with Crippen LogP contribution >= 0.6 is 23.5 Å². The lowest BCUT2D eigenvalue weighted by Gasteiger charge is -2.27. The predicted molar refractivity (Wildman–Crippen MR) is 131 cm³/mol. The molecule has 3 aromatic rings. The topological polar surface area (TPSA) is 70.7 Å². The zero-order valence-electron chi connectivity index (χ0n) is 17.7. The van der Waals surface area contributed by atoms with Crippen LogP contribution in [0.4, 0.5) is 21.5 Å². The standard InChI is InChI=1S/C24H21ClFN3O3S/c1-15-5-6-18(12-22(15)28-23(30)16-3-2-4-17(25)11-16)27-24(31)20-8-7-19(13-21(20)26)29-9-10-32-14-33-29/h2-8,11-13H,9-10,14H2,1H3,(H,27,31)(H,28,30). The van der Waals surface area contributed by atoms with Gasteiger partial charge in [-0.15, -0.1) is 0 Å². The lowest BCUT2D eigenvalue weighted by Crippen LogP contribution is -2.26. The Morgan fingerprint density at radius 3 is 2.64 bits per heavy atom. The molecule has 170 valence electrons. The second kappa shape index (κ2) is 10.2. The molecule has 0 atom stereocenters. The van der Waals surface area contributed by atoms with Crippen molar-refractivity contribution >= 4 is 52.4 Å². The van der Waals surface area contributed by atoms with Crippen LogP contribution in [0.1, 0.15) is 26.3 Å². The van der Waals surface area contributed by atoms with E-state index in [4.69, 9.17) is 16.3 Å². The lowest BCUT2D eigenvalue weighted by molar-refractivity contribution is 0.101. The number of hydrogen-bond donors (Lipinski definition) is 2. The van der Waals surface area contributed by atoms with Gasteiger partial charge < -0.3 is 19.7 Å². The molecule has 1 saturated heterocycles. The second-order valence-electron chi connectivity index (χ2n) is 7.37. The summed E-state index contributed by atoms with van der Waals surface area (Å²) in [7, 11) is 0. The first-order chi connectivity index (χ1) is 15.9. The van der Waals surface area contributed by atoms with Crippen molar-refractivity contribution in [2.45, 2.75) is 6.92 Å². The Hall–Kier alpha value is -3.07.